The van der Waals surface area contributed by atoms with Crippen molar-refractivity contribution in [2.75, 3.05) is 7.11 Å². The molecule has 1 aliphatic rings. The number of hydrogen-bond donors (Lipinski definition) is 2. The smallest absolute Gasteiger partial charge is 0.352 e. The monoisotopic (exact) mass is 350 g/mol. The number of hydrogen-bond acceptors (Lipinski definition) is 4. The van der Waals surface area contributed by atoms with E-state index in [4.69, 9.17) is 9.47 Å². The van der Waals surface area contributed by atoms with Crippen LogP contribution in [0.5, 0.6) is 11.5 Å². The number of ether oxygens (including phenoxy) is 2. The lowest BCUT2D eigenvalue weighted by Gasteiger charge is -2.33. The number of pyridine rings is 1. The van der Waals surface area contributed by atoms with Crippen LogP contribution in [-0.4, -0.2) is 28.2 Å². The Balaban J connectivity index is 2.12. The fourth-order valence-electron chi connectivity index (χ4n) is 3.58. The number of carboxylic acids is 1. The zero-order chi connectivity index (χ0) is 18.5. The van der Waals surface area contributed by atoms with Gasteiger partial charge < -0.3 is 19.6 Å². The second-order valence-electron chi connectivity index (χ2n) is 6.61. The summed E-state index contributed by atoms with van der Waals surface area (Å²) >= 11 is 0. The van der Waals surface area contributed by atoms with Gasteiger partial charge in [-0.3, -0.25) is 4.98 Å². The van der Waals surface area contributed by atoms with Crippen LogP contribution in [0.2, 0.25) is 0 Å². The largest absolute Gasteiger partial charge is 0.496 e. The van der Waals surface area contributed by atoms with Crippen molar-refractivity contribution in [3.8, 4) is 33.9 Å². The van der Waals surface area contributed by atoms with Crippen LogP contribution in [-0.2, 0) is 5.60 Å². The Morgan fingerprint density at radius 2 is 2.00 bits per heavy atom. The van der Waals surface area contributed by atoms with Crippen molar-refractivity contribution < 1.29 is 19.4 Å². The lowest BCUT2D eigenvalue weighted by molar-refractivity contribution is 0.0692. The van der Waals surface area contributed by atoms with E-state index < -0.39 is 11.6 Å². The molecule has 6 heteroatoms. The van der Waals surface area contributed by atoms with Crippen LogP contribution in [0.4, 0.5) is 0 Å². The Bertz CT molecular complexity index is 1020. The predicted molar refractivity (Wildman–Crippen MR) is 96.6 cm³/mol. The molecule has 0 amide bonds. The molecule has 0 bridgehead atoms. The molecule has 2 N–H and O–H groups in total. The Morgan fingerprint density at radius 3 is 2.73 bits per heavy atom. The van der Waals surface area contributed by atoms with E-state index in [1.165, 1.54) is 0 Å². The molecule has 0 radical (unpaired) electrons. The van der Waals surface area contributed by atoms with Gasteiger partial charge in [-0.2, -0.15) is 0 Å². The topological polar surface area (TPSA) is 84.4 Å². The predicted octanol–water partition coefficient (Wildman–Crippen LogP) is 4.08. The number of aromatic carboxylic acids is 1. The Hall–Kier alpha value is -3.28. The van der Waals surface area contributed by atoms with Crippen molar-refractivity contribution in [2.45, 2.75) is 19.4 Å². The van der Waals surface area contributed by atoms with Crippen LogP contribution < -0.4 is 9.47 Å². The van der Waals surface area contributed by atoms with E-state index in [-0.39, 0.29) is 5.69 Å². The third-order valence-corrected chi connectivity index (χ3v) is 4.61. The summed E-state index contributed by atoms with van der Waals surface area (Å²) in [5.74, 6) is 0.189. The molecule has 4 rings (SSSR count). The number of para-hydroxylation sites is 1. The molecule has 132 valence electrons. The molecule has 0 unspecified atom stereocenters. The number of fused-ring (bicyclic) bond motifs is 3. The summed E-state index contributed by atoms with van der Waals surface area (Å²) < 4.78 is 11.6. The van der Waals surface area contributed by atoms with Gasteiger partial charge in [0.05, 0.1) is 19.0 Å². The van der Waals surface area contributed by atoms with Gasteiger partial charge in [-0.15, -0.1) is 0 Å². The molecule has 0 fully saturated rings. The summed E-state index contributed by atoms with van der Waals surface area (Å²) in [5, 5.41) is 9.83. The van der Waals surface area contributed by atoms with Crippen LogP contribution in [0.1, 0.15) is 29.9 Å². The molecular weight excluding hydrogens is 332 g/mol. The van der Waals surface area contributed by atoms with Crippen LogP contribution in [0.25, 0.3) is 22.4 Å². The van der Waals surface area contributed by atoms with E-state index in [1.54, 1.807) is 19.5 Å². The van der Waals surface area contributed by atoms with E-state index >= 15 is 0 Å². The highest BCUT2D eigenvalue weighted by Crippen LogP contribution is 2.50. The first-order valence-corrected chi connectivity index (χ1v) is 8.20. The van der Waals surface area contributed by atoms with Crippen molar-refractivity contribution in [1.29, 1.82) is 0 Å². The molecule has 0 saturated heterocycles. The van der Waals surface area contributed by atoms with Crippen LogP contribution >= 0.6 is 0 Å². The van der Waals surface area contributed by atoms with Gasteiger partial charge in [0.2, 0.25) is 0 Å². The minimum absolute atomic E-state index is 0.112. The molecule has 0 aliphatic carbocycles. The number of rotatable bonds is 3. The first-order valence-electron chi connectivity index (χ1n) is 8.20. The highest BCUT2D eigenvalue weighted by atomic mass is 16.5. The lowest BCUT2D eigenvalue weighted by atomic mass is 9.85. The van der Waals surface area contributed by atoms with Crippen molar-refractivity contribution in [2.24, 2.45) is 0 Å². The van der Waals surface area contributed by atoms with Crippen LogP contribution in [0.3, 0.4) is 0 Å². The summed E-state index contributed by atoms with van der Waals surface area (Å²) in [6, 6.07) is 9.20. The molecule has 3 heterocycles. The van der Waals surface area contributed by atoms with Gasteiger partial charge in [-0.05, 0) is 26.0 Å². The Labute approximate surface area is 150 Å². The number of nitrogens with one attached hydrogen (secondary N) is 1. The van der Waals surface area contributed by atoms with Gasteiger partial charge in [-0.25, -0.2) is 4.79 Å². The molecule has 2 aromatic heterocycles. The quantitative estimate of drug-likeness (QED) is 0.743. The number of benzene rings is 1. The highest BCUT2D eigenvalue weighted by Gasteiger charge is 2.40. The summed E-state index contributed by atoms with van der Waals surface area (Å²) in [4.78, 5) is 19.2. The fraction of sp³-hybridized carbons (Fsp3) is 0.200. The third-order valence-electron chi connectivity index (χ3n) is 4.61. The van der Waals surface area contributed by atoms with Gasteiger partial charge >= 0.3 is 5.97 Å². The summed E-state index contributed by atoms with van der Waals surface area (Å²) in [6.45, 7) is 3.83. The molecule has 0 spiro atoms. The van der Waals surface area contributed by atoms with E-state index in [9.17, 15) is 9.90 Å². The maximum Gasteiger partial charge on any atom is 0.352 e. The summed E-state index contributed by atoms with van der Waals surface area (Å²) in [5.41, 5.74) is 2.97. The van der Waals surface area contributed by atoms with Gasteiger partial charge in [0, 0.05) is 28.5 Å². The highest BCUT2D eigenvalue weighted by molar-refractivity contribution is 6.00. The zero-order valence-electron chi connectivity index (χ0n) is 14.7. The van der Waals surface area contributed by atoms with Gasteiger partial charge in [0.15, 0.2) is 0 Å². The number of carboxylic acid groups (broad SMARTS) is 1. The standard InChI is InChI=1S/C20H18N2O4/c1-20(2)16-15(11-6-4-5-7-13(11)25-3)18(19(23)24)22-17(16)12-8-9-21-10-14(12)26-20/h4-10,22H,1-3H3,(H,23,24). The summed E-state index contributed by atoms with van der Waals surface area (Å²) in [6.07, 6.45) is 3.30. The molecular formula is C20H18N2O4. The molecule has 0 atom stereocenters. The minimum Gasteiger partial charge on any atom is -0.496 e. The molecule has 26 heavy (non-hydrogen) atoms. The van der Waals surface area contributed by atoms with Crippen LogP contribution in [0, 0.1) is 0 Å². The van der Waals surface area contributed by atoms with E-state index in [0.717, 1.165) is 16.8 Å². The van der Waals surface area contributed by atoms with Crippen molar-refractivity contribution in [1.82, 2.24) is 9.97 Å². The molecule has 6 nitrogen and oxygen atoms in total. The lowest BCUT2D eigenvalue weighted by Crippen LogP contribution is -2.29. The summed E-state index contributed by atoms with van der Waals surface area (Å²) in [7, 11) is 1.57. The SMILES string of the molecule is COc1ccccc1-c1c(C(=O)O)[nH]c2c1C(C)(C)Oc1cnccc1-2. The number of H-pyrrole nitrogens is 1. The number of carbonyl (C=O) groups is 1. The van der Waals surface area contributed by atoms with Gasteiger partial charge in [0.25, 0.3) is 0 Å². The van der Waals surface area contributed by atoms with E-state index in [1.807, 2.05) is 44.2 Å². The Kier molecular flexibility index (Phi) is 3.50. The molecule has 3 aromatic rings. The first kappa shape index (κ1) is 16.2. The van der Waals surface area contributed by atoms with Crippen LogP contribution in [0.15, 0.2) is 42.7 Å². The maximum atomic E-state index is 12.0. The zero-order valence-corrected chi connectivity index (χ0v) is 14.7. The second kappa shape index (κ2) is 5.62. The normalized spacial score (nSPS) is 14.1. The number of nitrogens with zero attached hydrogens (tertiary/aromatic N) is 1. The maximum absolute atomic E-state index is 12.0. The van der Waals surface area contributed by atoms with Crippen molar-refractivity contribution >= 4 is 5.97 Å². The first-order chi connectivity index (χ1) is 12.4. The van der Waals surface area contributed by atoms with Gasteiger partial charge in [0.1, 0.15) is 22.8 Å². The average Bonchev–Trinajstić information content (AvgIpc) is 3.03. The van der Waals surface area contributed by atoms with Gasteiger partial charge in [-0.1, -0.05) is 18.2 Å². The molecule has 0 saturated carbocycles. The van der Waals surface area contributed by atoms with Crippen molar-refractivity contribution in [3.05, 3.63) is 54.0 Å². The van der Waals surface area contributed by atoms with Crippen molar-refractivity contribution in [3.63, 3.8) is 0 Å². The Morgan fingerprint density at radius 1 is 1.23 bits per heavy atom. The number of methoxy groups -OCH3 is 1. The van der Waals surface area contributed by atoms with E-state index in [2.05, 4.69) is 9.97 Å². The third kappa shape index (κ3) is 2.26. The average molecular weight is 350 g/mol. The number of aromatic amines is 1. The second-order valence-corrected chi connectivity index (χ2v) is 6.61. The fourth-order valence-corrected chi connectivity index (χ4v) is 3.58. The molecule has 1 aliphatic heterocycles. The number of aromatic nitrogens is 2. The minimum atomic E-state index is -1.04. The molecule has 1 aromatic carbocycles. The van der Waals surface area contributed by atoms with E-state index in [0.29, 0.717) is 22.6 Å².